The highest BCUT2D eigenvalue weighted by Crippen LogP contribution is 2.25. The van der Waals surface area contributed by atoms with Crippen molar-refractivity contribution >= 4 is 11.4 Å². The summed E-state index contributed by atoms with van der Waals surface area (Å²) in [5.41, 5.74) is 2.09. The Labute approximate surface area is 157 Å². The van der Waals surface area contributed by atoms with Crippen LogP contribution in [0, 0.1) is 10.1 Å². The molecule has 0 unspecified atom stereocenters. The van der Waals surface area contributed by atoms with E-state index in [0.29, 0.717) is 5.76 Å². The van der Waals surface area contributed by atoms with Crippen molar-refractivity contribution in [1.29, 1.82) is 0 Å². The van der Waals surface area contributed by atoms with E-state index in [2.05, 4.69) is 29.2 Å². The van der Waals surface area contributed by atoms with Crippen LogP contribution in [0.1, 0.15) is 5.76 Å². The molecule has 0 spiro atoms. The minimum absolute atomic E-state index is 0.0770. The molecule has 2 heterocycles. The van der Waals surface area contributed by atoms with Crippen LogP contribution in [-0.4, -0.2) is 31.1 Å². The second kappa shape index (κ2) is 7.63. The van der Waals surface area contributed by atoms with Gasteiger partial charge < -0.3 is 14.2 Å². The van der Waals surface area contributed by atoms with Crippen LogP contribution in [0.4, 0.5) is 11.4 Å². The van der Waals surface area contributed by atoms with Crippen LogP contribution < -0.4 is 9.80 Å². The number of benzene rings is 2. The van der Waals surface area contributed by atoms with Crippen molar-refractivity contribution in [2.45, 2.75) is 6.54 Å². The normalized spacial score (nSPS) is 15.0. The fourth-order valence-electron chi connectivity index (χ4n) is 3.54. The minimum atomic E-state index is -0.385. The SMILES string of the molecule is O=[N+]([O-])c1cccc(-c2ccc(C[NH+]3CCN(c4ccccc4)CC3)o2)c1. The molecule has 1 aromatic heterocycles. The molecule has 1 N–H and O–H groups in total. The zero-order valence-corrected chi connectivity index (χ0v) is 15.0. The average molecular weight is 364 g/mol. The second-order valence-electron chi connectivity index (χ2n) is 6.82. The van der Waals surface area contributed by atoms with Gasteiger partial charge in [0.2, 0.25) is 0 Å². The smallest absolute Gasteiger partial charge is 0.270 e. The summed E-state index contributed by atoms with van der Waals surface area (Å²) in [7, 11) is 0. The van der Waals surface area contributed by atoms with Gasteiger partial charge in [-0.1, -0.05) is 30.3 Å². The summed E-state index contributed by atoms with van der Waals surface area (Å²) in [6.45, 7) is 5.00. The van der Waals surface area contributed by atoms with Crippen LogP contribution in [0.2, 0.25) is 0 Å². The topological polar surface area (TPSA) is 64.0 Å². The molecule has 0 bridgehead atoms. The minimum Gasteiger partial charge on any atom is -0.455 e. The number of nitrogens with zero attached hydrogens (tertiary/aromatic N) is 2. The van der Waals surface area contributed by atoms with E-state index in [1.54, 1.807) is 12.1 Å². The first-order valence-electron chi connectivity index (χ1n) is 9.16. The third-order valence-electron chi connectivity index (χ3n) is 5.02. The summed E-state index contributed by atoms with van der Waals surface area (Å²) in [5, 5.41) is 10.9. The lowest BCUT2D eigenvalue weighted by Crippen LogP contribution is -3.13. The van der Waals surface area contributed by atoms with Crippen molar-refractivity contribution in [2.75, 3.05) is 31.1 Å². The number of hydrogen-bond acceptors (Lipinski definition) is 4. The Hall–Kier alpha value is -3.12. The number of piperazine rings is 1. The molecule has 0 atom stereocenters. The summed E-state index contributed by atoms with van der Waals surface area (Å²) in [5.74, 6) is 1.59. The Morgan fingerprint density at radius 2 is 1.78 bits per heavy atom. The number of rotatable bonds is 5. The fraction of sp³-hybridized carbons (Fsp3) is 0.238. The zero-order chi connectivity index (χ0) is 18.6. The van der Waals surface area contributed by atoms with E-state index in [9.17, 15) is 10.1 Å². The van der Waals surface area contributed by atoms with Crippen molar-refractivity contribution in [2.24, 2.45) is 0 Å². The van der Waals surface area contributed by atoms with E-state index in [0.717, 1.165) is 44.0 Å². The maximum absolute atomic E-state index is 10.9. The predicted octanol–water partition coefficient (Wildman–Crippen LogP) is 2.76. The molecule has 0 radical (unpaired) electrons. The van der Waals surface area contributed by atoms with Gasteiger partial charge in [-0.2, -0.15) is 0 Å². The largest absolute Gasteiger partial charge is 0.455 e. The number of para-hydroxylation sites is 1. The Morgan fingerprint density at radius 1 is 1.00 bits per heavy atom. The van der Waals surface area contributed by atoms with Gasteiger partial charge in [-0.3, -0.25) is 10.1 Å². The number of nitrogens with one attached hydrogen (secondary N) is 1. The summed E-state index contributed by atoms with van der Waals surface area (Å²) in [6, 6.07) is 20.9. The summed E-state index contributed by atoms with van der Waals surface area (Å²) in [4.78, 5) is 14.5. The first-order chi connectivity index (χ1) is 13.2. The van der Waals surface area contributed by atoms with Crippen molar-refractivity contribution in [3.8, 4) is 11.3 Å². The standard InChI is InChI=1S/C21H21N3O3/c25-24(26)19-8-4-5-17(15-19)21-10-9-20(27-21)16-22-11-13-23(14-12-22)18-6-2-1-3-7-18/h1-10,15H,11-14,16H2/p+1. The molecule has 6 heteroatoms. The number of hydrogen-bond donors (Lipinski definition) is 1. The molecule has 138 valence electrons. The highest BCUT2D eigenvalue weighted by Gasteiger charge is 2.21. The number of anilines is 1. The number of nitro groups is 1. The highest BCUT2D eigenvalue weighted by molar-refractivity contribution is 5.61. The quantitative estimate of drug-likeness (QED) is 0.559. The van der Waals surface area contributed by atoms with E-state index in [4.69, 9.17) is 4.42 Å². The average Bonchev–Trinajstić information content (AvgIpc) is 3.18. The second-order valence-corrected chi connectivity index (χ2v) is 6.82. The third-order valence-corrected chi connectivity index (χ3v) is 5.02. The van der Waals surface area contributed by atoms with Crippen LogP contribution in [0.3, 0.4) is 0 Å². The Bertz CT molecular complexity index is 915. The van der Waals surface area contributed by atoms with Crippen LogP contribution in [0.5, 0.6) is 0 Å². The Balaban J connectivity index is 1.38. The molecule has 0 aliphatic carbocycles. The Kier molecular flexibility index (Phi) is 4.89. The molecular formula is C21H22N3O3+. The molecule has 1 aliphatic rings. The van der Waals surface area contributed by atoms with Gasteiger partial charge in [-0.05, 0) is 24.3 Å². The molecule has 3 aromatic rings. The molecule has 1 aliphatic heterocycles. The molecule has 1 saturated heterocycles. The van der Waals surface area contributed by atoms with E-state index >= 15 is 0 Å². The summed E-state index contributed by atoms with van der Waals surface area (Å²) < 4.78 is 5.96. The van der Waals surface area contributed by atoms with Crippen LogP contribution in [0.25, 0.3) is 11.3 Å². The molecule has 1 fully saturated rings. The van der Waals surface area contributed by atoms with Crippen LogP contribution >= 0.6 is 0 Å². The molecular weight excluding hydrogens is 342 g/mol. The highest BCUT2D eigenvalue weighted by atomic mass is 16.6. The van der Waals surface area contributed by atoms with E-state index < -0.39 is 0 Å². The lowest BCUT2D eigenvalue weighted by molar-refractivity contribution is -0.915. The maximum atomic E-state index is 10.9. The van der Waals surface area contributed by atoms with Gasteiger partial charge in [-0.15, -0.1) is 0 Å². The number of nitro benzene ring substituents is 1. The van der Waals surface area contributed by atoms with Gasteiger partial charge >= 0.3 is 0 Å². The van der Waals surface area contributed by atoms with Gasteiger partial charge in [0.15, 0.2) is 5.76 Å². The van der Waals surface area contributed by atoms with Gasteiger partial charge in [0.05, 0.1) is 31.1 Å². The predicted molar refractivity (Wildman–Crippen MR) is 104 cm³/mol. The van der Waals surface area contributed by atoms with Gasteiger partial charge in [-0.25, -0.2) is 0 Å². The monoisotopic (exact) mass is 364 g/mol. The lowest BCUT2D eigenvalue weighted by atomic mass is 10.1. The van der Waals surface area contributed by atoms with Crippen molar-refractivity contribution < 1.29 is 14.2 Å². The summed E-state index contributed by atoms with van der Waals surface area (Å²) in [6.07, 6.45) is 0. The van der Waals surface area contributed by atoms with Crippen LogP contribution in [-0.2, 0) is 6.54 Å². The fourth-order valence-corrected chi connectivity index (χ4v) is 3.54. The zero-order valence-electron chi connectivity index (χ0n) is 15.0. The van der Waals surface area contributed by atoms with Crippen molar-refractivity contribution in [3.05, 3.63) is 82.6 Å². The van der Waals surface area contributed by atoms with Crippen molar-refractivity contribution in [1.82, 2.24) is 0 Å². The molecule has 6 nitrogen and oxygen atoms in total. The maximum Gasteiger partial charge on any atom is 0.270 e. The number of non-ortho nitro benzene ring substituents is 1. The van der Waals surface area contributed by atoms with Crippen LogP contribution in [0.15, 0.2) is 71.1 Å². The first-order valence-corrected chi connectivity index (χ1v) is 9.16. The number of furan rings is 1. The molecule has 0 saturated carbocycles. The first kappa shape index (κ1) is 17.3. The lowest BCUT2D eigenvalue weighted by Gasteiger charge is -2.33. The molecule has 2 aromatic carbocycles. The number of quaternary nitrogens is 1. The molecule has 4 rings (SSSR count). The van der Waals surface area contributed by atoms with Gasteiger partial charge in [0, 0.05) is 23.4 Å². The summed E-state index contributed by atoms with van der Waals surface area (Å²) >= 11 is 0. The van der Waals surface area contributed by atoms with Crippen molar-refractivity contribution in [3.63, 3.8) is 0 Å². The Morgan fingerprint density at radius 3 is 2.52 bits per heavy atom. The van der Waals surface area contributed by atoms with Gasteiger partial charge in [0.25, 0.3) is 5.69 Å². The molecule has 0 amide bonds. The molecule has 27 heavy (non-hydrogen) atoms. The van der Waals surface area contributed by atoms with Gasteiger partial charge in [0.1, 0.15) is 12.3 Å². The van der Waals surface area contributed by atoms with E-state index in [1.165, 1.54) is 16.7 Å². The van der Waals surface area contributed by atoms with E-state index in [1.807, 2.05) is 24.3 Å². The van der Waals surface area contributed by atoms with E-state index in [-0.39, 0.29) is 10.6 Å². The third kappa shape index (κ3) is 4.01.